The molecule has 0 aliphatic rings. The van der Waals surface area contributed by atoms with Gasteiger partial charge in [-0.1, -0.05) is 54.1 Å². The van der Waals surface area contributed by atoms with Crippen molar-refractivity contribution in [2.75, 3.05) is 5.73 Å². The van der Waals surface area contributed by atoms with Gasteiger partial charge in [0.1, 0.15) is 5.56 Å². The van der Waals surface area contributed by atoms with Gasteiger partial charge in [0.25, 0.3) is 11.5 Å². The maximum absolute atomic E-state index is 13.6. The number of aryl methyl sites for hydroxylation is 1. The molecule has 9 heteroatoms. The molecule has 5 aromatic rings. The van der Waals surface area contributed by atoms with Crippen LogP contribution < -0.4 is 16.6 Å². The van der Waals surface area contributed by atoms with Crippen LogP contribution in [-0.2, 0) is 13.0 Å². The molecule has 0 radical (unpaired) electrons. The standard InChI is InChI=1S/C26H23ClN6O2/c1-16(30-25(34)22-23(28)31-33-13-6-12-29-24(22)33)20-15-18-9-5-10-19(27)21(18)26(35)32(20)14-11-17-7-3-2-4-8-17/h2-10,12-13,15-16H,11,14H2,1H3,(H2,28,31)(H,30,34). The molecule has 1 unspecified atom stereocenters. The number of amides is 1. The molecule has 0 spiro atoms. The lowest BCUT2D eigenvalue weighted by molar-refractivity contribution is 0.0940. The molecule has 0 fully saturated rings. The van der Waals surface area contributed by atoms with Crippen LogP contribution in [0.15, 0.2) is 77.9 Å². The summed E-state index contributed by atoms with van der Waals surface area (Å²) in [6.07, 6.45) is 3.90. The van der Waals surface area contributed by atoms with Gasteiger partial charge in [-0.2, -0.15) is 0 Å². The summed E-state index contributed by atoms with van der Waals surface area (Å²) >= 11 is 6.39. The fourth-order valence-electron chi connectivity index (χ4n) is 4.32. The van der Waals surface area contributed by atoms with E-state index in [1.54, 1.807) is 35.2 Å². The van der Waals surface area contributed by atoms with Crippen molar-refractivity contribution in [3.05, 3.63) is 105 Å². The number of hydrogen-bond donors (Lipinski definition) is 2. The molecule has 3 heterocycles. The van der Waals surface area contributed by atoms with Gasteiger partial charge >= 0.3 is 0 Å². The number of hydrogen-bond acceptors (Lipinski definition) is 5. The number of nitrogens with zero attached hydrogens (tertiary/aromatic N) is 4. The third kappa shape index (κ3) is 4.24. The van der Waals surface area contributed by atoms with E-state index in [1.807, 2.05) is 49.4 Å². The van der Waals surface area contributed by atoms with Crippen LogP contribution in [0.25, 0.3) is 16.4 Å². The van der Waals surface area contributed by atoms with Crippen molar-refractivity contribution >= 4 is 39.7 Å². The summed E-state index contributed by atoms with van der Waals surface area (Å²) in [5.74, 6) is -0.336. The number of anilines is 1. The van der Waals surface area contributed by atoms with E-state index >= 15 is 0 Å². The van der Waals surface area contributed by atoms with Crippen molar-refractivity contribution in [2.45, 2.75) is 25.9 Å². The number of halogens is 1. The van der Waals surface area contributed by atoms with Crippen LogP contribution in [0.1, 0.15) is 34.6 Å². The minimum atomic E-state index is -0.507. The first kappa shape index (κ1) is 22.6. The van der Waals surface area contributed by atoms with Crippen molar-refractivity contribution in [3.8, 4) is 0 Å². The Morgan fingerprint density at radius 1 is 1.14 bits per heavy atom. The Labute approximate surface area is 206 Å². The third-order valence-corrected chi connectivity index (χ3v) is 6.34. The highest BCUT2D eigenvalue weighted by atomic mass is 35.5. The first-order chi connectivity index (χ1) is 16.9. The van der Waals surface area contributed by atoms with E-state index in [0.29, 0.717) is 40.1 Å². The Morgan fingerprint density at radius 2 is 1.94 bits per heavy atom. The molecule has 3 aromatic heterocycles. The van der Waals surface area contributed by atoms with Crippen molar-refractivity contribution in [1.82, 2.24) is 24.5 Å². The quantitative estimate of drug-likeness (QED) is 0.377. The third-order valence-electron chi connectivity index (χ3n) is 6.03. The average molecular weight is 487 g/mol. The second-order valence-electron chi connectivity index (χ2n) is 8.31. The summed E-state index contributed by atoms with van der Waals surface area (Å²) in [6.45, 7) is 2.26. The minimum Gasteiger partial charge on any atom is -0.381 e. The molecule has 176 valence electrons. The molecule has 0 saturated heterocycles. The zero-order chi connectivity index (χ0) is 24.5. The number of pyridine rings is 1. The van der Waals surface area contributed by atoms with E-state index in [1.165, 1.54) is 4.52 Å². The molecule has 2 aromatic carbocycles. The van der Waals surface area contributed by atoms with E-state index in [-0.39, 0.29) is 16.9 Å². The zero-order valence-corrected chi connectivity index (χ0v) is 19.7. The molecule has 5 rings (SSSR count). The Hall–Kier alpha value is -4.17. The number of benzene rings is 2. The maximum atomic E-state index is 13.6. The van der Waals surface area contributed by atoms with Gasteiger partial charge in [0.05, 0.1) is 16.5 Å². The molecule has 8 nitrogen and oxygen atoms in total. The number of fused-ring (bicyclic) bond motifs is 2. The molecule has 3 N–H and O–H groups in total. The lowest BCUT2D eigenvalue weighted by atomic mass is 10.1. The summed E-state index contributed by atoms with van der Waals surface area (Å²) in [7, 11) is 0. The van der Waals surface area contributed by atoms with Gasteiger partial charge in [-0.05, 0) is 42.5 Å². The molecule has 0 aliphatic heterocycles. The van der Waals surface area contributed by atoms with Gasteiger partial charge in [-0.25, -0.2) is 9.50 Å². The lowest BCUT2D eigenvalue weighted by Gasteiger charge is -2.21. The van der Waals surface area contributed by atoms with Gasteiger partial charge in [0.15, 0.2) is 11.5 Å². The highest BCUT2D eigenvalue weighted by Gasteiger charge is 2.23. The van der Waals surface area contributed by atoms with Crippen LogP contribution in [0.5, 0.6) is 0 Å². The Morgan fingerprint density at radius 3 is 2.74 bits per heavy atom. The molecule has 0 aliphatic carbocycles. The molecule has 35 heavy (non-hydrogen) atoms. The summed E-state index contributed by atoms with van der Waals surface area (Å²) in [5, 5.41) is 8.70. The fourth-order valence-corrected chi connectivity index (χ4v) is 4.58. The monoisotopic (exact) mass is 486 g/mol. The number of nitrogens with two attached hydrogens (primary N) is 1. The maximum Gasteiger partial charge on any atom is 0.260 e. The summed E-state index contributed by atoms with van der Waals surface area (Å²) in [5.41, 5.74) is 8.15. The molecular formula is C26H23ClN6O2. The molecule has 0 saturated carbocycles. The van der Waals surface area contributed by atoms with Crippen LogP contribution in [0.4, 0.5) is 5.82 Å². The van der Waals surface area contributed by atoms with Crippen LogP contribution in [-0.4, -0.2) is 25.1 Å². The van der Waals surface area contributed by atoms with E-state index in [2.05, 4.69) is 15.4 Å². The van der Waals surface area contributed by atoms with E-state index < -0.39 is 11.9 Å². The normalized spacial score (nSPS) is 12.2. The molecular weight excluding hydrogens is 464 g/mol. The highest BCUT2D eigenvalue weighted by Crippen LogP contribution is 2.25. The van der Waals surface area contributed by atoms with Gasteiger partial charge in [-0.3, -0.25) is 9.59 Å². The summed E-state index contributed by atoms with van der Waals surface area (Å²) in [6, 6.07) is 18.4. The number of rotatable bonds is 6. The SMILES string of the molecule is CC(NC(=O)c1c(N)nn2cccnc12)c1cc2cccc(Cl)c2c(=O)n1CCc1ccccc1. The Balaban J connectivity index is 1.54. The van der Waals surface area contributed by atoms with Gasteiger partial charge in [-0.15, -0.1) is 5.10 Å². The number of carbonyl (C=O) groups is 1. The first-order valence-electron chi connectivity index (χ1n) is 11.2. The van der Waals surface area contributed by atoms with Gasteiger partial charge in [0.2, 0.25) is 0 Å². The predicted molar refractivity (Wildman–Crippen MR) is 137 cm³/mol. The minimum absolute atomic E-state index is 0.0835. The van der Waals surface area contributed by atoms with E-state index in [0.717, 1.165) is 5.56 Å². The summed E-state index contributed by atoms with van der Waals surface area (Å²) in [4.78, 5) is 31.0. The number of nitrogens with one attached hydrogen (secondary N) is 1. The lowest BCUT2D eigenvalue weighted by Crippen LogP contribution is -2.33. The Kier molecular flexibility index (Phi) is 5.96. The summed E-state index contributed by atoms with van der Waals surface area (Å²) < 4.78 is 3.15. The van der Waals surface area contributed by atoms with Crippen LogP contribution in [0.3, 0.4) is 0 Å². The van der Waals surface area contributed by atoms with Crippen molar-refractivity contribution in [2.24, 2.45) is 0 Å². The molecule has 1 amide bonds. The second kappa shape index (κ2) is 9.23. The fraction of sp³-hybridized carbons (Fsp3) is 0.154. The largest absolute Gasteiger partial charge is 0.381 e. The molecule has 0 bridgehead atoms. The average Bonchev–Trinajstić information content (AvgIpc) is 3.19. The molecule has 1 atom stereocenters. The van der Waals surface area contributed by atoms with Gasteiger partial charge in [0, 0.05) is 24.6 Å². The van der Waals surface area contributed by atoms with Crippen LogP contribution >= 0.6 is 11.6 Å². The van der Waals surface area contributed by atoms with Crippen LogP contribution in [0, 0.1) is 0 Å². The first-order valence-corrected chi connectivity index (χ1v) is 11.6. The smallest absolute Gasteiger partial charge is 0.260 e. The van der Waals surface area contributed by atoms with Crippen molar-refractivity contribution < 1.29 is 4.79 Å². The number of aromatic nitrogens is 4. The number of nitrogen functional groups attached to an aromatic ring is 1. The zero-order valence-electron chi connectivity index (χ0n) is 19.0. The van der Waals surface area contributed by atoms with Crippen molar-refractivity contribution in [3.63, 3.8) is 0 Å². The van der Waals surface area contributed by atoms with E-state index in [4.69, 9.17) is 17.3 Å². The van der Waals surface area contributed by atoms with E-state index in [9.17, 15) is 9.59 Å². The second-order valence-corrected chi connectivity index (χ2v) is 8.72. The highest BCUT2D eigenvalue weighted by molar-refractivity contribution is 6.35. The van der Waals surface area contributed by atoms with Gasteiger partial charge < -0.3 is 15.6 Å². The topological polar surface area (TPSA) is 107 Å². The predicted octanol–water partition coefficient (Wildman–Crippen LogP) is 4.01. The van der Waals surface area contributed by atoms with Crippen molar-refractivity contribution in [1.29, 1.82) is 0 Å². The number of carbonyl (C=O) groups excluding carboxylic acids is 1. The Bertz CT molecular complexity index is 1610. The van der Waals surface area contributed by atoms with Crippen LogP contribution in [0.2, 0.25) is 5.02 Å².